The zero-order valence-electron chi connectivity index (χ0n) is 19.7. The molecule has 1 aliphatic rings. The molecule has 0 bridgehead atoms. The predicted molar refractivity (Wildman–Crippen MR) is 145 cm³/mol. The van der Waals surface area contributed by atoms with Crippen LogP contribution in [0.2, 0.25) is 5.02 Å². The number of pyridine rings is 1. The molecule has 0 unspecified atom stereocenters. The quantitative estimate of drug-likeness (QED) is 0.305. The van der Waals surface area contributed by atoms with Crippen LogP contribution in [0.25, 0.3) is 23.1 Å². The van der Waals surface area contributed by atoms with Crippen molar-refractivity contribution in [2.24, 2.45) is 0 Å². The van der Waals surface area contributed by atoms with Crippen LogP contribution in [-0.2, 0) is 25.8 Å². The number of hydrogen-bond acceptors (Lipinski definition) is 5. The van der Waals surface area contributed by atoms with Gasteiger partial charge in [0.15, 0.2) is 0 Å². The Labute approximate surface area is 214 Å². The molecule has 0 amide bonds. The fourth-order valence-electron chi connectivity index (χ4n) is 4.91. The Kier molecular flexibility index (Phi) is 6.18. The second-order valence-corrected chi connectivity index (χ2v) is 9.53. The number of tetrazole rings is 1. The molecule has 0 spiro atoms. The third-order valence-electron chi connectivity index (χ3n) is 6.64. The number of fused-ring (bicyclic) bond motifs is 2. The first-order valence-electron chi connectivity index (χ1n) is 12.1. The zero-order valence-corrected chi connectivity index (χ0v) is 20.5. The summed E-state index contributed by atoms with van der Waals surface area (Å²) in [6, 6.07) is 25.3. The van der Waals surface area contributed by atoms with Gasteiger partial charge in [0, 0.05) is 35.6 Å². The summed E-state index contributed by atoms with van der Waals surface area (Å²) in [7, 11) is 0. The second kappa shape index (κ2) is 9.91. The first-order valence-corrected chi connectivity index (χ1v) is 12.5. The fourth-order valence-corrected chi connectivity index (χ4v) is 5.08. The molecule has 1 aliphatic heterocycles. The van der Waals surface area contributed by atoms with E-state index in [1.54, 1.807) is 0 Å². The average Bonchev–Trinajstić information content (AvgIpc) is 3.57. The number of aryl methyl sites for hydroxylation is 2. The highest BCUT2D eigenvalue weighted by Gasteiger charge is 2.22. The number of nitrogens with zero attached hydrogens (tertiary/aromatic N) is 5. The summed E-state index contributed by atoms with van der Waals surface area (Å²) >= 11 is 6.14. The van der Waals surface area contributed by atoms with Gasteiger partial charge in [0.2, 0.25) is 0 Å². The number of halogens is 1. The van der Waals surface area contributed by atoms with Gasteiger partial charge in [-0.2, -0.15) is 0 Å². The molecule has 0 radical (unpaired) electrons. The lowest BCUT2D eigenvalue weighted by atomic mass is 10.0. The highest BCUT2D eigenvalue weighted by molar-refractivity contribution is 6.31. The largest absolute Gasteiger partial charge is 0.366 e. The number of rotatable bonds is 7. The van der Waals surface area contributed by atoms with E-state index in [4.69, 9.17) is 16.6 Å². The van der Waals surface area contributed by atoms with Gasteiger partial charge in [0.05, 0.1) is 11.2 Å². The number of hydrogen-bond donors (Lipinski definition) is 1. The number of nitrogens with one attached hydrogen (secondary N) is 1. The van der Waals surface area contributed by atoms with Crippen molar-refractivity contribution in [3.8, 4) is 0 Å². The lowest BCUT2D eigenvalue weighted by Crippen LogP contribution is -2.21. The lowest BCUT2D eigenvalue weighted by Gasteiger charge is -2.22. The van der Waals surface area contributed by atoms with Gasteiger partial charge in [-0.25, -0.2) is 10.1 Å². The standard InChI is InChI=1S/C29H25ClN6/c30-25-11-8-22-9-13-26(31-27(22)18-25)12-7-20-3-1-4-21(17-20)19-36-16-15-24-6-2-5-23(29(24)36)10-14-28-32-34-35-33-28/h1-9,11-13,17-18H,10,14-16,19H2,(H,32,33,34,35)/b12-7+. The molecule has 36 heavy (non-hydrogen) atoms. The highest BCUT2D eigenvalue weighted by Crippen LogP contribution is 2.34. The van der Waals surface area contributed by atoms with E-state index in [1.165, 1.54) is 22.4 Å². The maximum atomic E-state index is 6.14. The van der Waals surface area contributed by atoms with Gasteiger partial charge in [-0.1, -0.05) is 66.2 Å². The van der Waals surface area contributed by atoms with Crippen LogP contribution >= 0.6 is 11.6 Å². The van der Waals surface area contributed by atoms with Crippen molar-refractivity contribution in [1.82, 2.24) is 25.6 Å². The lowest BCUT2D eigenvalue weighted by molar-refractivity contribution is 0.819. The molecule has 3 aromatic carbocycles. The zero-order chi connectivity index (χ0) is 24.3. The van der Waals surface area contributed by atoms with Crippen molar-refractivity contribution >= 4 is 40.3 Å². The minimum Gasteiger partial charge on any atom is -0.366 e. The normalized spacial score (nSPS) is 13.1. The third-order valence-corrected chi connectivity index (χ3v) is 6.87. The number of aromatic nitrogens is 5. The van der Waals surface area contributed by atoms with Crippen molar-refractivity contribution in [2.45, 2.75) is 25.8 Å². The van der Waals surface area contributed by atoms with Crippen LogP contribution in [0, 0.1) is 0 Å². The van der Waals surface area contributed by atoms with Crippen LogP contribution in [0.3, 0.4) is 0 Å². The highest BCUT2D eigenvalue weighted by atomic mass is 35.5. The molecule has 6 nitrogen and oxygen atoms in total. The fraction of sp³-hybridized carbons (Fsp3) is 0.172. The Balaban J connectivity index is 1.19. The molecule has 1 N–H and O–H groups in total. The van der Waals surface area contributed by atoms with Gasteiger partial charge in [0.25, 0.3) is 0 Å². The van der Waals surface area contributed by atoms with E-state index in [1.807, 2.05) is 24.3 Å². The number of benzene rings is 3. The van der Waals surface area contributed by atoms with Gasteiger partial charge in [-0.15, -0.1) is 5.10 Å². The molecule has 0 aliphatic carbocycles. The Bertz CT molecular complexity index is 1540. The molecule has 0 fully saturated rings. The molecule has 5 aromatic rings. The van der Waals surface area contributed by atoms with Gasteiger partial charge in [-0.3, -0.25) is 0 Å². The van der Waals surface area contributed by atoms with Gasteiger partial charge < -0.3 is 4.90 Å². The summed E-state index contributed by atoms with van der Waals surface area (Å²) in [5, 5.41) is 16.1. The summed E-state index contributed by atoms with van der Waals surface area (Å²) in [5.74, 6) is 0.820. The van der Waals surface area contributed by atoms with Crippen molar-refractivity contribution in [3.63, 3.8) is 0 Å². The summed E-state index contributed by atoms with van der Waals surface area (Å²) in [6.07, 6.45) is 6.96. The van der Waals surface area contributed by atoms with E-state index in [-0.39, 0.29) is 0 Å². The molecule has 0 atom stereocenters. The van der Waals surface area contributed by atoms with Gasteiger partial charge >= 0.3 is 0 Å². The van der Waals surface area contributed by atoms with Gasteiger partial charge in [0.1, 0.15) is 5.82 Å². The summed E-state index contributed by atoms with van der Waals surface area (Å²) in [4.78, 5) is 7.23. The Hall–Kier alpha value is -4.03. The minimum atomic E-state index is 0.699. The van der Waals surface area contributed by atoms with E-state index < -0.39 is 0 Å². The Morgan fingerprint density at radius 3 is 2.78 bits per heavy atom. The van der Waals surface area contributed by atoms with Crippen LogP contribution in [0.15, 0.2) is 72.8 Å². The van der Waals surface area contributed by atoms with E-state index in [2.05, 4.69) is 86.2 Å². The molecule has 2 aromatic heterocycles. The van der Waals surface area contributed by atoms with E-state index >= 15 is 0 Å². The van der Waals surface area contributed by atoms with Crippen molar-refractivity contribution < 1.29 is 0 Å². The first kappa shape index (κ1) is 22.4. The predicted octanol–water partition coefficient (Wildman–Crippen LogP) is 5.92. The molecular formula is C29H25ClN6. The number of aromatic amines is 1. The molecule has 3 heterocycles. The van der Waals surface area contributed by atoms with Gasteiger partial charge in [-0.05, 0) is 75.9 Å². The van der Waals surface area contributed by atoms with E-state index in [0.29, 0.717) is 5.02 Å². The van der Waals surface area contributed by atoms with Crippen LogP contribution < -0.4 is 4.90 Å². The molecule has 6 rings (SSSR count). The summed E-state index contributed by atoms with van der Waals surface area (Å²) < 4.78 is 0. The Morgan fingerprint density at radius 1 is 0.944 bits per heavy atom. The van der Waals surface area contributed by atoms with Crippen molar-refractivity contribution in [3.05, 3.63) is 112 Å². The maximum Gasteiger partial charge on any atom is 0.148 e. The topological polar surface area (TPSA) is 70.6 Å². The first-order chi connectivity index (χ1) is 17.7. The van der Waals surface area contributed by atoms with Crippen LogP contribution in [0.1, 0.15) is 33.8 Å². The summed E-state index contributed by atoms with van der Waals surface area (Å²) in [5.41, 5.74) is 8.40. The monoisotopic (exact) mass is 492 g/mol. The molecule has 178 valence electrons. The molecular weight excluding hydrogens is 468 g/mol. The van der Waals surface area contributed by atoms with Crippen LogP contribution in [0.4, 0.5) is 5.69 Å². The number of anilines is 1. The average molecular weight is 493 g/mol. The number of H-pyrrole nitrogens is 1. The smallest absolute Gasteiger partial charge is 0.148 e. The van der Waals surface area contributed by atoms with Crippen molar-refractivity contribution in [1.29, 1.82) is 0 Å². The van der Waals surface area contributed by atoms with Crippen molar-refractivity contribution in [2.75, 3.05) is 11.4 Å². The van der Waals surface area contributed by atoms with E-state index in [9.17, 15) is 0 Å². The minimum absolute atomic E-state index is 0.699. The molecule has 7 heteroatoms. The van der Waals surface area contributed by atoms with E-state index in [0.717, 1.165) is 60.3 Å². The van der Waals surface area contributed by atoms with Crippen LogP contribution in [-0.4, -0.2) is 32.2 Å². The third kappa shape index (κ3) is 4.86. The van der Waals surface area contributed by atoms with Crippen LogP contribution in [0.5, 0.6) is 0 Å². The molecule has 0 saturated carbocycles. The SMILES string of the molecule is Clc1ccc2ccc(/C=C/c3cccc(CN4CCc5cccc(CCc6nnn[nH]6)c54)c3)nc2c1. The maximum absolute atomic E-state index is 6.14. The Morgan fingerprint density at radius 2 is 1.86 bits per heavy atom. The second-order valence-electron chi connectivity index (χ2n) is 9.10. The number of para-hydroxylation sites is 1. The summed E-state index contributed by atoms with van der Waals surface area (Å²) in [6.45, 7) is 1.90. The molecule has 0 saturated heterocycles.